The SMILES string of the molecule is O=C(Nc1nn(C(=O)O)c2c1CN(C(=O)O)CC2)c1ccc(N2CCOCC2)cc1[N+](=O)[O-]. The van der Waals surface area contributed by atoms with E-state index in [1.54, 1.807) is 6.07 Å². The van der Waals surface area contributed by atoms with Gasteiger partial charge in [0.1, 0.15) is 5.56 Å². The van der Waals surface area contributed by atoms with Crippen LogP contribution in [0.1, 0.15) is 21.6 Å². The van der Waals surface area contributed by atoms with Crippen LogP contribution in [-0.4, -0.2) is 80.8 Å². The second-order valence-corrected chi connectivity index (χ2v) is 7.43. The Morgan fingerprint density at radius 2 is 1.85 bits per heavy atom. The summed E-state index contributed by atoms with van der Waals surface area (Å²) in [5.74, 6) is -1.02. The number of carboxylic acid groups (broad SMARTS) is 2. The minimum Gasteiger partial charge on any atom is -0.465 e. The van der Waals surface area contributed by atoms with Crippen molar-refractivity contribution in [3.63, 3.8) is 0 Å². The van der Waals surface area contributed by atoms with Gasteiger partial charge in [-0.05, 0) is 12.1 Å². The molecule has 0 atom stereocenters. The number of morpholine rings is 1. The lowest BCUT2D eigenvalue weighted by atomic mass is 10.1. The minimum atomic E-state index is -1.39. The molecule has 3 N–H and O–H groups in total. The number of hydrogen-bond donors (Lipinski definition) is 3. The van der Waals surface area contributed by atoms with Crippen LogP contribution >= 0.6 is 0 Å². The van der Waals surface area contributed by atoms with Crippen molar-refractivity contribution in [2.75, 3.05) is 43.1 Å². The lowest BCUT2D eigenvalue weighted by Crippen LogP contribution is -2.36. The van der Waals surface area contributed by atoms with Gasteiger partial charge >= 0.3 is 12.2 Å². The number of nitro benzene ring substituents is 1. The second kappa shape index (κ2) is 8.74. The maximum atomic E-state index is 12.9. The third-order valence-electron chi connectivity index (χ3n) is 5.54. The molecule has 174 valence electrons. The lowest BCUT2D eigenvalue weighted by Gasteiger charge is -2.28. The van der Waals surface area contributed by atoms with E-state index in [1.807, 2.05) is 4.90 Å². The quantitative estimate of drug-likeness (QED) is 0.446. The summed E-state index contributed by atoms with van der Waals surface area (Å²) in [5, 5.41) is 36.7. The van der Waals surface area contributed by atoms with E-state index in [0.29, 0.717) is 36.7 Å². The van der Waals surface area contributed by atoms with E-state index in [4.69, 9.17) is 4.74 Å². The summed E-state index contributed by atoms with van der Waals surface area (Å²) in [6, 6.07) is 4.21. The second-order valence-electron chi connectivity index (χ2n) is 7.43. The summed E-state index contributed by atoms with van der Waals surface area (Å²) in [7, 11) is 0. The van der Waals surface area contributed by atoms with Crippen molar-refractivity contribution in [3.05, 3.63) is 45.1 Å². The number of carbonyl (C=O) groups is 3. The number of amides is 2. The molecule has 2 aliphatic rings. The number of aromatic nitrogens is 2. The number of rotatable bonds is 4. The molecule has 2 aliphatic heterocycles. The highest BCUT2D eigenvalue weighted by atomic mass is 16.6. The highest BCUT2D eigenvalue weighted by Gasteiger charge is 2.31. The molecular weight excluding hydrogens is 440 g/mol. The molecule has 0 aliphatic carbocycles. The first-order chi connectivity index (χ1) is 15.8. The summed E-state index contributed by atoms with van der Waals surface area (Å²) in [5.41, 5.74) is 0.405. The Morgan fingerprint density at radius 3 is 2.48 bits per heavy atom. The molecule has 4 rings (SSSR count). The summed E-state index contributed by atoms with van der Waals surface area (Å²) in [6.07, 6.45) is -2.50. The van der Waals surface area contributed by atoms with Crippen molar-refractivity contribution < 1.29 is 34.3 Å². The molecule has 1 aromatic heterocycles. The van der Waals surface area contributed by atoms with E-state index in [0.717, 1.165) is 4.90 Å². The summed E-state index contributed by atoms with van der Waals surface area (Å²) < 4.78 is 5.96. The molecule has 3 heterocycles. The fourth-order valence-corrected chi connectivity index (χ4v) is 3.90. The van der Waals surface area contributed by atoms with Crippen LogP contribution in [0.4, 0.5) is 26.8 Å². The van der Waals surface area contributed by atoms with Gasteiger partial charge in [-0.3, -0.25) is 14.9 Å². The summed E-state index contributed by atoms with van der Waals surface area (Å²) in [6.45, 7) is 1.99. The highest BCUT2D eigenvalue weighted by Crippen LogP contribution is 2.30. The van der Waals surface area contributed by atoms with Crippen LogP contribution in [0, 0.1) is 10.1 Å². The highest BCUT2D eigenvalue weighted by molar-refractivity contribution is 6.07. The third kappa shape index (κ3) is 4.27. The number of nitrogens with zero attached hydrogens (tertiary/aromatic N) is 5. The van der Waals surface area contributed by atoms with Crippen molar-refractivity contribution in [2.24, 2.45) is 0 Å². The van der Waals surface area contributed by atoms with E-state index in [-0.39, 0.29) is 42.1 Å². The monoisotopic (exact) mass is 460 g/mol. The molecule has 0 unspecified atom stereocenters. The summed E-state index contributed by atoms with van der Waals surface area (Å²) >= 11 is 0. The van der Waals surface area contributed by atoms with Crippen LogP contribution in [0.15, 0.2) is 18.2 Å². The number of nitrogens with one attached hydrogen (secondary N) is 1. The van der Waals surface area contributed by atoms with Crippen LogP contribution in [0.2, 0.25) is 0 Å². The largest absolute Gasteiger partial charge is 0.465 e. The van der Waals surface area contributed by atoms with Gasteiger partial charge in [-0.15, -0.1) is 5.10 Å². The molecule has 0 bridgehead atoms. The Bertz CT molecular complexity index is 1140. The third-order valence-corrected chi connectivity index (χ3v) is 5.54. The number of benzene rings is 1. The van der Waals surface area contributed by atoms with E-state index in [9.17, 15) is 34.7 Å². The fourth-order valence-electron chi connectivity index (χ4n) is 3.90. The normalized spacial score (nSPS) is 15.6. The van der Waals surface area contributed by atoms with Crippen LogP contribution in [0.3, 0.4) is 0 Å². The first kappa shape index (κ1) is 22.0. The van der Waals surface area contributed by atoms with E-state index in [1.165, 1.54) is 12.1 Å². The average molecular weight is 460 g/mol. The van der Waals surface area contributed by atoms with Crippen LogP contribution in [0.25, 0.3) is 0 Å². The maximum absolute atomic E-state index is 12.9. The predicted octanol–water partition coefficient (Wildman–Crippen LogP) is 1.44. The number of fused-ring (bicyclic) bond motifs is 1. The zero-order valence-corrected chi connectivity index (χ0v) is 17.3. The van der Waals surface area contributed by atoms with Gasteiger partial charge in [0.05, 0.1) is 30.4 Å². The zero-order valence-electron chi connectivity index (χ0n) is 17.3. The smallest absolute Gasteiger partial charge is 0.432 e. The molecule has 33 heavy (non-hydrogen) atoms. The number of ether oxygens (including phenoxy) is 1. The molecule has 0 radical (unpaired) electrons. The molecule has 1 saturated heterocycles. The molecule has 0 saturated carbocycles. The Kier molecular flexibility index (Phi) is 5.83. The van der Waals surface area contributed by atoms with Gasteiger partial charge in [0, 0.05) is 43.4 Å². The van der Waals surface area contributed by atoms with Crippen molar-refractivity contribution in [3.8, 4) is 0 Å². The van der Waals surface area contributed by atoms with E-state index >= 15 is 0 Å². The summed E-state index contributed by atoms with van der Waals surface area (Å²) in [4.78, 5) is 49.8. The van der Waals surface area contributed by atoms with Gasteiger partial charge in [-0.2, -0.15) is 4.68 Å². The van der Waals surface area contributed by atoms with Crippen molar-refractivity contribution >= 4 is 35.3 Å². The van der Waals surface area contributed by atoms with Gasteiger partial charge < -0.3 is 30.1 Å². The molecule has 0 spiro atoms. The van der Waals surface area contributed by atoms with Gasteiger partial charge in [-0.25, -0.2) is 9.59 Å². The first-order valence-corrected chi connectivity index (χ1v) is 10.0. The predicted molar refractivity (Wildman–Crippen MR) is 112 cm³/mol. The van der Waals surface area contributed by atoms with Gasteiger partial charge in [0.25, 0.3) is 11.6 Å². The van der Waals surface area contributed by atoms with Gasteiger partial charge in [-0.1, -0.05) is 0 Å². The number of nitro groups is 1. The zero-order chi connectivity index (χ0) is 23.7. The topological polar surface area (TPSA) is 180 Å². The minimum absolute atomic E-state index is 0.0726. The molecule has 14 nitrogen and oxygen atoms in total. The van der Waals surface area contributed by atoms with Crippen molar-refractivity contribution in [1.82, 2.24) is 14.7 Å². The molecule has 2 aromatic rings. The van der Waals surface area contributed by atoms with Crippen molar-refractivity contribution in [1.29, 1.82) is 0 Å². The first-order valence-electron chi connectivity index (χ1n) is 10.0. The van der Waals surface area contributed by atoms with Crippen LogP contribution in [-0.2, 0) is 17.7 Å². The Balaban J connectivity index is 1.65. The molecular formula is C19H20N6O8. The maximum Gasteiger partial charge on any atom is 0.432 e. The van der Waals surface area contributed by atoms with Gasteiger partial charge in [0.15, 0.2) is 5.82 Å². The van der Waals surface area contributed by atoms with Crippen LogP contribution < -0.4 is 10.2 Å². The van der Waals surface area contributed by atoms with Crippen LogP contribution in [0.5, 0.6) is 0 Å². The Labute approximate surface area is 186 Å². The molecule has 1 fully saturated rings. The lowest BCUT2D eigenvalue weighted by molar-refractivity contribution is -0.385. The Hall–Kier alpha value is -4.20. The fraction of sp³-hybridized carbons (Fsp3) is 0.368. The van der Waals surface area contributed by atoms with Gasteiger partial charge in [0.2, 0.25) is 0 Å². The molecule has 1 aromatic carbocycles. The molecule has 2 amide bonds. The number of anilines is 2. The standard InChI is InChI=1S/C19H20N6O8/c26-17(12-2-1-11(9-15(12)25(31)32)22-5-7-33-8-6-22)20-16-13-10-23(18(27)28)4-3-14(13)24(21-16)19(29)30/h1-2,9H,3-8,10H2,(H,27,28)(H,29,30)(H,20,21,26). The van der Waals surface area contributed by atoms with E-state index < -0.39 is 28.7 Å². The molecule has 14 heteroatoms. The van der Waals surface area contributed by atoms with E-state index in [2.05, 4.69) is 10.4 Å². The Morgan fingerprint density at radius 1 is 1.12 bits per heavy atom. The number of hydrogen-bond acceptors (Lipinski definition) is 8. The van der Waals surface area contributed by atoms with Crippen molar-refractivity contribution in [2.45, 2.75) is 13.0 Å². The average Bonchev–Trinajstić information content (AvgIpc) is 3.17. The number of carbonyl (C=O) groups excluding carboxylic acids is 1.